The Morgan fingerprint density at radius 3 is 2.56 bits per heavy atom. The maximum atomic E-state index is 13.6. The Labute approximate surface area is 110 Å². The fourth-order valence-corrected chi connectivity index (χ4v) is 2.04. The van der Waals surface area contributed by atoms with E-state index in [0.717, 1.165) is 30.8 Å². The van der Waals surface area contributed by atoms with Crippen molar-refractivity contribution in [2.24, 2.45) is 5.92 Å². The second-order valence-electron chi connectivity index (χ2n) is 4.90. The first kappa shape index (κ1) is 15.0. The monoisotopic (exact) mass is 252 g/mol. The van der Waals surface area contributed by atoms with Crippen LogP contribution in [-0.4, -0.2) is 20.1 Å². The van der Waals surface area contributed by atoms with Crippen molar-refractivity contribution in [2.75, 3.05) is 25.0 Å². The molecule has 102 valence electrons. The van der Waals surface area contributed by atoms with Gasteiger partial charge in [-0.3, -0.25) is 0 Å². The number of benzene rings is 1. The van der Waals surface area contributed by atoms with Gasteiger partial charge in [0.1, 0.15) is 5.82 Å². The van der Waals surface area contributed by atoms with Gasteiger partial charge in [-0.15, -0.1) is 0 Å². The zero-order valence-electron chi connectivity index (χ0n) is 12.0. The summed E-state index contributed by atoms with van der Waals surface area (Å²) in [5.74, 6) is 0.473. The number of nitrogens with zero attached hydrogens (tertiary/aromatic N) is 1. The van der Waals surface area contributed by atoms with Crippen LogP contribution in [0, 0.1) is 11.7 Å². The van der Waals surface area contributed by atoms with Crippen molar-refractivity contribution in [1.29, 1.82) is 0 Å². The van der Waals surface area contributed by atoms with Gasteiger partial charge in [0.15, 0.2) is 0 Å². The first-order valence-electron chi connectivity index (χ1n) is 6.79. The summed E-state index contributed by atoms with van der Waals surface area (Å²) in [6.07, 6.45) is 1.15. The molecule has 0 aliphatic carbocycles. The Balaban J connectivity index is 2.90. The van der Waals surface area contributed by atoms with E-state index in [-0.39, 0.29) is 5.82 Å². The number of hydrogen-bond donors (Lipinski definition) is 1. The molecule has 0 amide bonds. The van der Waals surface area contributed by atoms with Gasteiger partial charge < -0.3 is 10.2 Å². The standard InChI is InChI=1S/C15H25FN2/c1-5-12(3)11-18(6-2)15-8-13(10-17-4)7-14(16)9-15/h7-9,12,17H,5-6,10-11H2,1-4H3. The van der Waals surface area contributed by atoms with E-state index in [0.29, 0.717) is 12.5 Å². The molecule has 0 spiro atoms. The van der Waals surface area contributed by atoms with E-state index in [2.05, 4.69) is 37.1 Å². The van der Waals surface area contributed by atoms with Crippen molar-refractivity contribution in [3.8, 4) is 0 Å². The predicted octanol–water partition coefficient (Wildman–Crippen LogP) is 3.42. The molecule has 0 radical (unpaired) electrons. The Morgan fingerprint density at radius 2 is 2.00 bits per heavy atom. The van der Waals surface area contributed by atoms with E-state index < -0.39 is 0 Å². The average Bonchev–Trinajstić information content (AvgIpc) is 2.35. The third-order valence-electron chi connectivity index (χ3n) is 3.30. The summed E-state index contributed by atoms with van der Waals surface area (Å²) in [5.41, 5.74) is 1.98. The third kappa shape index (κ3) is 4.30. The van der Waals surface area contributed by atoms with E-state index in [4.69, 9.17) is 0 Å². The summed E-state index contributed by atoms with van der Waals surface area (Å²) in [6, 6.07) is 5.30. The second kappa shape index (κ2) is 7.37. The largest absolute Gasteiger partial charge is 0.371 e. The van der Waals surface area contributed by atoms with Crippen LogP contribution in [0.4, 0.5) is 10.1 Å². The van der Waals surface area contributed by atoms with Gasteiger partial charge in [-0.25, -0.2) is 4.39 Å². The maximum Gasteiger partial charge on any atom is 0.125 e. The molecule has 2 nitrogen and oxygen atoms in total. The molecule has 1 rings (SSSR count). The molecule has 0 aliphatic heterocycles. The molecule has 0 heterocycles. The van der Waals surface area contributed by atoms with Gasteiger partial charge in [-0.1, -0.05) is 20.3 Å². The molecule has 0 saturated carbocycles. The number of rotatable bonds is 7. The van der Waals surface area contributed by atoms with Gasteiger partial charge in [0.05, 0.1) is 0 Å². The van der Waals surface area contributed by atoms with E-state index in [9.17, 15) is 4.39 Å². The molecule has 1 aromatic carbocycles. The molecule has 0 bridgehead atoms. The van der Waals surface area contributed by atoms with Crippen molar-refractivity contribution in [3.05, 3.63) is 29.6 Å². The molecular formula is C15H25FN2. The lowest BCUT2D eigenvalue weighted by Gasteiger charge is -2.26. The van der Waals surface area contributed by atoms with Crippen LogP contribution in [0.1, 0.15) is 32.8 Å². The summed E-state index contributed by atoms with van der Waals surface area (Å²) >= 11 is 0. The minimum absolute atomic E-state index is 0.152. The van der Waals surface area contributed by atoms with E-state index in [1.54, 1.807) is 12.1 Å². The van der Waals surface area contributed by atoms with Gasteiger partial charge in [-0.05, 0) is 43.7 Å². The molecule has 1 N–H and O–H groups in total. The molecule has 18 heavy (non-hydrogen) atoms. The summed E-state index contributed by atoms with van der Waals surface area (Å²) < 4.78 is 13.6. The molecule has 1 atom stereocenters. The zero-order chi connectivity index (χ0) is 13.5. The molecule has 0 aromatic heterocycles. The predicted molar refractivity (Wildman–Crippen MR) is 76.5 cm³/mol. The number of anilines is 1. The minimum atomic E-state index is -0.152. The van der Waals surface area contributed by atoms with Crippen LogP contribution in [-0.2, 0) is 6.54 Å². The van der Waals surface area contributed by atoms with Gasteiger partial charge >= 0.3 is 0 Å². The normalized spacial score (nSPS) is 12.5. The number of hydrogen-bond acceptors (Lipinski definition) is 2. The second-order valence-corrected chi connectivity index (χ2v) is 4.90. The lowest BCUT2D eigenvalue weighted by atomic mass is 10.1. The molecule has 1 unspecified atom stereocenters. The maximum absolute atomic E-state index is 13.6. The first-order chi connectivity index (χ1) is 8.60. The van der Waals surface area contributed by atoms with Crippen molar-refractivity contribution in [2.45, 2.75) is 33.7 Å². The topological polar surface area (TPSA) is 15.3 Å². The molecule has 0 aliphatic rings. The average molecular weight is 252 g/mol. The van der Waals surface area contributed by atoms with Crippen molar-refractivity contribution in [3.63, 3.8) is 0 Å². The van der Waals surface area contributed by atoms with Gasteiger partial charge in [0.25, 0.3) is 0 Å². The summed E-state index contributed by atoms with van der Waals surface area (Å²) in [5, 5.41) is 3.06. The Hall–Kier alpha value is -1.09. The van der Waals surface area contributed by atoms with Crippen molar-refractivity contribution in [1.82, 2.24) is 5.32 Å². The van der Waals surface area contributed by atoms with E-state index in [1.807, 2.05) is 7.05 Å². The van der Waals surface area contributed by atoms with Crippen LogP contribution >= 0.6 is 0 Å². The molecule has 0 saturated heterocycles. The molecule has 3 heteroatoms. The third-order valence-corrected chi connectivity index (χ3v) is 3.30. The van der Waals surface area contributed by atoms with E-state index >= 15 is 0 Å². The minimum Gasteiger partial charge on any atom is -0.371 e. The van der Waals surface area contributed by atoms with Crippen LogP contribution in [0.3, 0.4) is 0 Å². The van der Waals surface area contributed by atoms with Crippen molar-refractivity contribution >= 4 is 5.69 Å². The summed E-state index contributed by atoms with van der Waals surface area (Å²) in [6.45, 7) is 9.13. The van der Waals surface area contributed by atoms with Crippen LogP contribution in [0.5, 0.6) is 0 Å². The van der Waals surface area contributed by atoms with Gasteiger partial charge in [0, 0.05) is 25.3 Å². The van der Waals surface area contributed by atoms with Crippen molar-refractivity contribution < 1.29 is 4.39 Å². The fraction of sp³-hybridized carbons (Fsp3) is 0.600. The lowest BCUT2D eigenvalue weighted by molar-refractivity contribution is 0.546. The van der Waals surface area contributed by atoms with Gasteiger partial charge in [-0.2, -0.15) is 0 Å². The van der Waals surface area contributed by atoms with Crippen LogP contribution in [0.2, 0.25) is 0 Å². The van der Waals surface area contributed by atoms with Crippen LogP contribution in [0.25, 0.3) is 0 Å². The Morgan fingerprint density at radius 1 is 1.28 bits per heavy atom. The summed E-state index contributed by atoms with van der Waals surface area (Å²) in [4.78, 5) is 2.25. The zero-order valence-corrected chi connectivity index (χ0v) is 12.0. The highest BCUT2D eigenvalue weighted by molar-refractivity contribution is 5.49. The summed E-state index contributed by atoms with van der Waals surface area (Å²) in [7, 11) is 1.88. The van der Waals surface area contributed by atoms with Crippen LogP contribution in [0.15, 0.2) is 18.2 Å². The van der Waals surface area contributed by atoms with Gasteiger partial charge in [0.2, 0.25) is 0 Å². The molecule has 1 aromatic rings. The lowest BCUT2D eigenvalue weighted by Crippen LogP contribution is -2.28. The quantitative estimate of drug-likeness (QED) is 0.800. The molecule has 0 fully saturated rings. The number of nitrogens with one attached hydrogen (secondary N) is 1. The highest BCUT2D eigenvalue weighted by atomic mass is 19.1. The fourth-order valence-electron chi connectivity index (χ4n) is 2.04. The molecular weight excluding hydrogens is 227 g/mol. The van der Waals surface area contributed by atoms with Crippen LogP contribution < -0.4 is 10.2 Å². The Bertz CT molecular complexity index is 366. The SMILES string of the molecule is CCC(C)CN(CC)c1cc(F)cc(CNC)c1. The smallest absolute Gasteiger partial charge is 0.125 e. The highest BCUT2D eigenvalue weighted by Gasteiger charge is 2.10. The van der Waals surface area contributed by atoms with E-state index in [1.165, 1.54) is 0 Å². The number of halogens is 1. The highest BCUT2D eigenvalue weighted by Crippen LogP contribution is 2.20. The Kier molecular flexibility index (Phi) is 6.13. The first-order valence-corrected chi connectivity index (χ1v) is 6.79.